The first-order chi connectivity index (χ1) is 16.2. The number of hydrogen-bond donors (Lipinski definition) is 2. The Hall–Kier alpha value is -3.91. The molecule has 1 atom stereocenters. The lowest BCUT2D eigenvalue weighted by molar-refractivity contribution is 0.0858. The molecule has 0 saturated carbocycles. The molecule has 8 heteroatoms. The van der Waals surface area contributed by atoms with Gasteiger partial charge in [-0.2, -0.15) is 0 Å². The number of amides is 1. The minimum Gasteiger partial charge on any atom is -0.497 e. The van der Waals surface area contributed by atoms with E-state index in [0.29, 0.717) is 12.1 Å². The second kappa shape index (κ2) is 9.30. The fraction of sp³-hybridized carbons (Fsp3) is 0.240. The average Bonchev–Trinajstić information content (AvgIpc) is 3.51. The Bertz CT molecular complexity index is 1250. The molecule has 1 fully saturated rings. The molecular formula is C25H25N5O3. The molecule has 1 saturated heterocycles. The van der Waals surface area contributed by atoms with Crippen molar-refractivity contribution in [3.8, 4) is 17.0 Å². The first-order valence-electron chi connectivity index (χ1n) is 10.9. The van der Waals surface area contributed by atoms with Gasteiger partial charge in [0.2, 0.25) is 0 Å². The maximum absolute atomic E-state index is 12.5. The third kappa shape index (κ3) is 4.51. The fourth-order valence-electron chi connectivity index (χ4n) is 3.93. The summed E-state index contributed by atoms with van der Waals surface area (Å²) in [5.74, 6) is 1.50. The van der Waals surface area contributed by atoms with E-state index >= 15 is 0 Å². The molecule has 1 aliphatic heterocycles. The van der Waals surface area contributed by atoms with E-state index in [1.54, 1.807) is 19.5 Å². The van der Waals surface area contributed by atoms with Crippen LogP contribution in [-0.4, -0.2) is 46.6 Å². The van der Waals surface area contributed by atoms with Gasteiger partial charge in [0.05, 0.1) is 19.4 Å². The lowest BCUT2D eigenvalue weighted by Gasteiger charge is -2.12. The van der Waals surface area contributed by atoms with Crippen LogP contribution in [0.15, 0.2) is 67.1 Å². The summed E-state index contributed by atoms with van der Waals surface area (Å²) in [5.41, 5.74) is 3.93. The molecule has 0 unspecified atom stereocenters. The zero-order valence-electron chi connectivity index (χ0n) is 18.3. The number of nitrogens with one attached hydrogen (secondary N) is 2. The lowest BCUT2D eigenvalue weighted by atomic mass is 10.1. The van der Waals surface area contributed by atoms with Gasteiger partial charge in [-0.15, -0.1) is 0 Å². The molecule has 3 heterocycles. The van der Waals surface area contributed by atoms with Crippen LogP contribution in [0, 0.1) is 0 Å². The highest BCUT2D eigenvalue weighted by molar-refractivity contribution is 5.94. The number of carbonyl (C=O) groups excluding carboxylic acids is 1. The van der Waals surface area contributed by atoms with Crippen LogP contribution < -0.4 is 15.4 Å². The van der Waals surface area contributed by atoms with Crippen LogP contribution in [0.1, 0.15) is 23.2 Å². The number of fused-ring (bicyclic) bond motifs is 1. The maximum Gasteiger partial charge on any atom is 0.251 e. The Balaban J connectivity index is 1.37. The van der Waals surface area contributed by atoms with Gasteiger partial charge in [-0.05, 0) is 61.4 Å². The lowest BCUT2D eigenvalue weighted by Crippen LogP contribution is -2.31. The van der Waals surface area contributed by atoms with Gasteiger partial charge in [0, 0.05) is 42.4 Å². The minimum absolute atomic E-state index is 0.100. The summed E-state index contributed by atoms with van der Waals surface area (Å²) in [5, 5.41) is 6.41. The van der Waals surface area contributed by atoms with Crippen LogP contribution in [0.5, 0.6) is 5.75 Å². The fourth-order valence-corrected chi connectivity index (χ4v) is 3.93. The highest BCUT2D eigenvalue weighted by Crippen LogP contribution is 2.32. The van der Waals surface area contributed by atoms with Crippen LogP contribution in [-0.2, 0) is 4.74 Å². The quantitative estimate of drug-likeness (QED) is 0.448. The molecule has 0 aliphatic carbocycles. The van der Waals surface area contributed by atoms with E-state index in [1.165, 1.54) is 0 Å². The number of hydrogen-bond acceptors (Lipinski definition) is 6. The molecule has 1 amide bonds. The summed E-state index contributed by atoms with van der Waals surface area (Å²) in [6.07, 6.45) is 7.48. The summed E-state index contributed by atoms with van der Waals surface area (Å²) in [6, 6.07) is 15.2. The Morgan fingerprint density at radius 3 is 2.73 bits per heavy atom. The van der Waals surface area contributed by atoms with Gasteiger partial charge in [-0.3, -0.25) is 14.2 Å². The number of carbonyl (C=O) groups is 1. The molecular weight excluding hydrogens is 418 g/mol. The Kier molecular flexibility index (Phi) is 5.91. The van der Waals surface area contributed by atoms with Crippen molar-refractivity contribution in [3.05, 3.63) is 72.7 Å². The van der Waals surface area contributed by atoms with Gasteiger partial charge in [-0.25, -0.2) is 4.98 Å². The van der Waals surface area contributed by atoms with Crippen molar-refractivity contribution in [2.24, 2.45) is 0 Å². The molecule has 0 bridgehead atoms. The van der Waals surface area contributed by atoms with E-state index in [1.807, 2.05) is 59.1 Å². The van der Waals surface area contributed by atoms with Crippen molar-refractivity contribution >= 4 is 23.1 Å². The SMILES string of the molecule is COc1ccc(-c2nc3cnccn3c2Nc2ccc(C(=O)NC[C@H]3CCCO3)cc2)cc1. The summed E-state index contributed by atoms with van der Waals surface area (Å²) in [4.78, 5) is 21.4. The van der Waals surface area contributed by atoms with Gasteiger partial charge in [0.25, 0.3) is 5.91 Å². The topological polar surface area (TPSA) is 89.8 Å². The van der Waals surface area contributed by atoms with Crippen LogP contribution in [0.4, 0.5) is 11.5 Å². The van der Waals surface area contributed by atoms with E-state index in [4.69, 9.17) is 14.5 Å². The van der Waals surface area contributed by atoms with E-state index in [-0.39, 0.29) is 12.0 Å². The molecule has 4 aromatic rings. The number of anilines is 2. The third-order valence-corrected chi connectivity index (χ3v) is 5.72. The van der Waals surface area contributed by atoms with E-state index < -0.39 is 0 Å². The van der Waals surface area contributed by atoms with Gasteiger partial charge in [-0.1, -0.05) is 0 Å². The van der Waals surface area contributed by atoms with Crippen LogP contribution in [0.25, 0.3) is 16.9 Å². The van der Waals surface area contributed by atoms with Crippen LogP contribution in [0.2, 0.25) is 0 Å². The summed E-state index contributed by atoms with van der Waals surface area (Å²) < 4.78 is 12.8. The molecule has 0 radical (unpaired) electrons. The van der Waals surface area contributed by atoms with Crippen molar-refractivity contribution in [1.82, 2.24) is 19.7 Å². The number of nitrogens with zero attached hydrogens (tertiary/aromatic N) is 3. The number of ether oxygens (including phenoxy) is 2. The van der Waals surface area contributed by atoms with Gasteiger partial charge in [0.1, 0.15) is 17.3 Å². The second-order valence-electron chi connectivity index (χ2n) is 7.89. The first-order valence-corrected chi connectivity index (χ1v) is 10.9. The van der Waals surface area contributed by atoms with Crippen LogP contribution >= 0.6 is 0 Å². The monoisotopic (exact) mass is 443 g/mol. The Morgan fingerprint density at radius 2 is 2.00 bits per heavy atom. The second-order valence-corrected chi connectivity index (χ2v) is 7.89. The number of aromatic nitrogens is 3. The van der Waals surface area contributed by atoms with Crippen molar-refractivity contribution in [2.45, 2.75) is 18.9 Å². The summed E-state index contributed by atoms with van der Waals surface area (Å²) in [6.45, 7) is 1.32. The number of imidazole rings is 1. The molecule has 33 heavy (non-hydrogen) atoms. The van der Waals surface area contributed by atoms with E-state index in [2.05, 4.69) is 15.6 Å². The largest absolute Gasteiger partial charge is 0.497 e. The zero-order valence-corrected chi connectivity index (χ0v) is 18.3. The van der Waals surface area contributed by atoms with Crippen molar-refractivity contribution in [1.29, 1.82) is 0 Å². The maximum atomic E-state index is 12.5. The van der Waals surface area contributed by atoms with E-state index in [0.717, 1.165) is 53.6 Å². The molecule has 0 spiro atoms. The average molecular weight is 444 g/mol. The summed E-state index contributed by atoms with van der Waals surface area (Å²) >= 11 is 0. The predicted molar refractivity (Wildman–Crippen MR) is 126 cm³/mol. The highest BCUT2D eigenvalue weighted by Gasteiger charge is 2.17. The number of benzene rings is 2. The summed E-state index contributed by atoms with van der Waals surface area (Å²) in [7, 11) is 1.64. The van der Waals surface area contributed by atoms with Gasteiger partial charge in [0.15, 0.2) is 5.65 Å². The zero-order chi connectivity index (χ0) is 22.6. The van der Waals surface area contributed by atoms with Crippen molar-refractivity contribution in [2.75, 3.05) is 25.6 Å². The predicted octanol–water partition coefficient (Wildman–Crippen LogP) is 4.06. The number of rotatable bonds is 7. The van der Waals surface area contributed by atoms with Crippen molar-refractivity contribution in [3.63, 3.8) is 0 Å². The molecule has 2 aromatic carbocycles. The third-order valence-electron chi connectivity index (χ3n) is 5.72. The van der Waals surface area contributed by atoms with Crippen molar-refractivity contribution < 1.29 is 14.3 Å². The van der Waals surface area contributed by atoms with E-state index in [9.17, 15) is 4.79 Å². The molecule has 168 valence electrons. The Morgan fingerprint density at radius 1 is 1.18 bits per heavy atom. The van der Waals surface area contributed by atoms with Gasteiger partial charge >= 0.3 is 0 Å². The normalized spacial score (nSPS) is 15.5. The van der Waals surface area contributed by atoms with Gasteiger partial charge < -0.3 is 20.1 Å². The minimum atomic E-state index is -0.100. The molecule has 1 aliphatic rings. The molecule has 2 N–H and O–H groups in total. The first kappa shape index (κ1) is 21.0. The standard InChI is InChI=1S/C25H25N5O3/c1-32-20-10-6-17(7-11-20)23-24(30-13-12-26-16-22(30)29-23)28-19-8-4-18(5-9-19)25(31)27-15-21-3-2-14-33-21/h4-13,16,21,28H,2-3,14-15H2,1H3,(H,27,31)/t21-/m1/s1. The Labute approximate surface area is 191 Å². The molecule has 8 nitrogen and oxygen atoms in total. The highest BCUT2D eigenvalue weighted by atomic mass is 16.5. The number of methoxy groups -OCH3 is 1. The molecule has 5 rings (SSSR count). The molecule has 2 aromatic heterocycles. The smallest absolute Gasteiger partial charge is 0.251 e. The van der Waals surface area contributed by atoms with Crippen LogP contribution in [0.3, 0.4) is 0 Å².